The molecule has 0 spiro atoms. The van der Waals surface area contributed by atoms with E-state index in [0.29, 0.717) is 19.8 Å². The number of ether oxygens (including phenoxy) is 3. The van der Waals surface area contributed by atoms with Gasteiger partial charge < -0.3 is 14.2 Å². The maximum absolute atomic E-state index is 6.23. The third-order valence-corrected chi connectivity index (χ3v) is 4.71. The predicted molar refractivity (Wildman–Crippen MR) is 107 cm³/mol. The Morgan fingerprint density at radius 1 is 0.769 bits per heavy atom. The molecule has 0 saturated heterocycles. The maximum atomic E-state index is 6.23. The van der Waals surface area contributed by atoms with Gasteiger partial charge >= 0.3 is 0 Å². The van der Waals surface area contributed by atoms with Gasteiger partial charge in [-0.1, -0.05) is 45.0 Å². The minimum Gasteiger partial charge on any atom is -0.489 e. The highest BCUT2D eigenvalue weighted by atomic mass is 16.5. The van der Waals surface area contributed by atoms with Gasteiger partial charge in [-0.3, -0.25) is 0 Å². The lowest BCUT2D eigenvalue weighted by Gasteiger charge is -2.22. The Hall–Kier alpha value is -2.16. The van der Waals surface area contributed by atoms with E-state index in [4.69, 9.17) is 14.2 Å². The largest absolute Gasteiger partial charge is 0.489 e. The van der Waals surface area contributed by atoms with Crippen molar-refractivity contribution >= 4 is 0 Å². The summed E-state index contributed by atoms with van der Waals surface area (Å²) in [5.74, 6) is 2.52. The first-order valence-electron chi connectivity index (χ1n) is 9.88. The van der Waals surface area contributed by atoms with E-state index in [9.17, 15) is 0 Å². The average molecular weight is 354 g/mol. The van der Waals surface area contributed by atoms with E-state index >= 15 is 0 Å². The molecule has 0 amide bonds. The summed E-state index contributed by atoms with van der Waals surface area (Å²) in [5.41, 5.74) is 6.31. The number of hydrogen-bond donors (Lipinski definition) is 0. The highest BCUT2D eigenvalue weighted by molar-refractivity contribution is 5.86. The van der Waals surface area contributed by atoms with Crippen LogP contribution >= 0.6 is 0 Å². The van der Waals surface area contributed by atoms with Crippen LogP contribution in [0.4, 0.5) is 0 Å². The molecule has 140 valence electrons. The van der Waals surface area contributed by atoms with Crippen LogP contribution < -0.4 is 14.2 Å². The molecule has 0 aliphatic heterocycles. The number of benzene rings is 2. The Balaban J connectivity index is 2.20. The van der Waals surface area contributed by atoms with Crippen LogP contribution in [0.3, 0.4) is 0 Å². The first kappa shape index (κ1) is 18.6. The topological polar surface area (TPSA) is 27.7 Å². The highest BCUT2D eigenvalue weighted by Crippen LogP contribution is 2.53. The van der Waals surface area contributed by atoms with Gasteiger partial charge in [0.05, 0.1) is 19.8 Å². The van der Waals surface area contributed by atoms with Crippen LogP contribution in [0.2, 0.25) is 0 Å². The smallest absolute Gasteiger partial charge is 0.204 e. The van der Waals surface area contributed by atoms with Crippen LogP contribution in [0, 0.1) is 6.92 Å². The van der Waals surface area contributed by atoms with Crippen LogP contribution in [-0.4, -0.2) is 19.8 Å². The Labute approximate surface area is 157 Å². The van der Waals surface area contributed by atoms with Crippen molar-refractivity contribution in [3.63, 3.8) is 0 Å². The normalized spacial score (nSPS) is 11.8. The summed E-state index contributed by atoms with van der Waals surface area (Å²) in [6.07, 6.45) is 3.78. The van der Waals surface area contributed by atoms with Crippen molar-refractivity contribution in [2.45, 2.75) is 53.4 Å². The fourth-order valence-electron chi connectivity index (χ4n) is 3.58. The molecule has 3 nitrogen and oxygen atoms in total. The summed E-state index contributed by atoms with van der Waals surface area (Å²) in [4.78, 5) is 0. The second-order valence-electron chi connectivity index (χ2n) is 6.85. The highest BCUT2D eigenvalue weighted by Gasteiger charge is 2.31. The molecule has 0 unspecified atom stereocenters. The van der Waals surface area contributed by atoms with E-state index in [-0.39, 0.29) is 0 Å². The van der Waals surface area contributed by atoms with Crippen LogP contribution in [-0.2, 0) is 6.42 Å². The number of fused-ring (bicyclic) bond motifs is 3. The van der Waals surface area contributed by atoms with Gasteiger partial charge in [0.2, 0.25) is 5.75 Å². The minimum atomic E-state index is 0.663. The van der Waals surface area contributed by atoms with E-state index in [1.54, 1.807) is 0 Å². The van der Waals surface area contributed by atoms with E-state index in [0.717, 1.165) is 48.5 Å². The molecule has 1 aliphatic carbocycles. The standard InChI is InChI=1S/C23H30O3/c1-5-12-24-21-16(4)20-18-11-9-8-10-17(18)15-19(20)22(25-13-6-2)23(21)26-14-7-3/h8-11H,5-7,12-15H2,1-4H3. The van der Waals surface area contributed by atoms with Crippen LogP contribution in [0.15, 0.2) is 24.3 Å². The number of rotatable bonds is 9. The van der Waals surface area contributed by atoms with E-state index < -0.39 is 0 Å². The lowest BCUT2D eigenvalue weighted by atomic mass is 9.98. The van der Waals surface area contributed by atoms with Gasteiger partial charge in [-0.15, -0.1) is 0 Å². The summed E-state index contributed by atoms with van der Waals surface area (Å²) in [6, 6.07) is 8.62. The van der Waals surface area contributed by atoms with Crippen molar-refractivity contribution in [1.82, 2.24) is 0 Å². The van der Waals surface area contributed by atoms with Gasteiger partial charge in [0.25, 0.3) is 0 Å². The van der Waals surface area contributed by atoms with Crippen molar-refractivity contribution in [3.8, 4) is 28.4 Å². The Morgan fingerprint density at radius 2 is 1.35 bits per heavy atom. The molecule has 3 heteroatoms. The molecule has 2 aromatic carbocycles. The zero-order chi connectivity index (χ0) is 18.5. The van der Waals surface area contributed by atoms with E-state index in [2.05, 4.69) is 52.0 Å². The van der Waals surface area contributed by atoms with Gasteiger partial charge in [-0.25, -0.2) is 0 Å². The summed E-state index contributed by atoms with van der Waals surface area (Å²) < 4.78 is 18.6. The van der Waals surface area contributed by atoms with Gasteiger partial charge in [0.1, 0.15) is 0 Å². The second-order valence-corrected chi connectivity index (χ2v) is 6.85. The lowest BCUT2D eigenvalue weighted by molar-refractivity contribution is 0.241. The Kier molecular flexibility index (Phi) is 6.08. The SMILES string of the molecule is CCCOc1c(C)c2c(c(OCCC)c1OCCC)Cc1ccccc1-2. The summed E-state index contributed by atoms with van der Waals surface area (Å²) >= 11 is 0. The molecule has 0 N–H and O–H groups in total. The second kappa shape index (κ2) is 8.48. The van der Waals surface area contributed by atoms with Gasteiger partial charge in [0.15, 0.2) is 11.5 Å². The molecule has 2 aromatic rings. The molecule has 0 saturated carbocycles. The average Bonchev–Trinajstić information content (AvgIpc) is 3.04. The van der Waals surface area contributed by atoms with Crippen LogP contribution in [0.25, 0.3) is 11.1 Å². The first-order valence-corrected chi connectivity index (χ1v) is 9.88. The molecule has 3 rings (SSSR count). The fraction of sp³-hybridized carbons (Fsp3) is 0.478. The zero-order valence-electron chi connectivity index (χ0n) is 16.5. The molecule has 0 radical (unpaired) electrons. The third-order valence-electron chi connectivity index (χ3n) is 4.71. The maximum Gasteiger partial charge on any atom is 0.204 e. The molecule has 1 aliphatic rings. The Morgan fingerprint density at radius 3 is 2.00 bits per heavy atom. The van der Waals surface area contributed by atoms with Crippen LogP contribution in [0.5, 0.6) is 17.2 Å². The predicted octanol–water partition coefficient (Wildman–Crippen LogP) is 5.93. The first-order chi connectivity index (χ1) is 12.7. The summed E-state index contributed by atoms with van der Waals surface area (Å²) in [6.45, 7) is 10.5. The van der Waals surface area contributed by atoms with Crippen molar-refractivity contribution in [1.29, 1.82) is 0 Å². The van der Waals surface area contributed by atoms with Crippen LogP contribution in [0.1, 0.15) is 56.7 Å². The third kappa shape index (κ3) is 3.40. The van der Waals surface area contributed by atoms with Crippen molar-refractivity contribution in [2.75, 3.05) is 19.8 Å². The molecule has 0 fully saturated rings. The van der Waals surface area contributed by atoms with Gasteiger partial charge in [-0.2, -0.15) is 0 Å². The lowest BCUT2D eigenvalue weighted by Crippen LogP contribution is -2.08. The van der Waals surface area contributed by atoms with Gasteiger partial charge in [-0.05, 0) is 42.9 Å². The van der Waals surface area contributed by atoms with E-state index in [1.807, 2.05) is 0 Å². The van der Waals surface area contributed by atoms with Crippen molar-refractivity contribution in [2.24, 2.45) is 0 Å². The summed E-state index contributed by atoms with van der Waals surface area (Å²) in [7, 11) is 0. The van der Waals surface area contributed by atoms with Crippen molar-refractivity contribution in [3.05, 3.63) is 41.0 Å². The molecule has 0 bridgehead atoms. The molecule has 0 atom stereocenters. The monoisotopic (exact) mass is 354 g/mol. The van der Waals surface area contributed by atoms with Gasteiger partial charge in [0, 0.05) is 17.5 Å². The molecule has 0 aromatic heterocycles. The zero-order valence-corrected chi connectivity index (χ0v) is 16.5. The fourth-order valence-corrected chi connectivity index (χ4v) is 3.58. The number of hydrogen-bond acceptors (Lipinski definition) is 3. The van der Waals surface area contributed by atoms with Crippen molar-refractivity contribution < 1.29 is 14.2 Å². The van der Waals surface area contributed by atoms with E-state index in [1.165, 1.54) is 22.3 Å². The molecule has 0 heterocycles. The quantitative estimate of drug-likeness (QED) is 0.476. The minimum absolute atomic E-state index is 0.663. The molecule has 26 heavy (non-hydrogen) atoms. The Bertz CT molecular complexity index is 765. The molecular weight excluding hydrogens is 324 g/mol. The molecular formula is C23H30O3. The summed E-state index contributed by atoms with van der Waals surface area (Å²) in [5, 5.41) is 0.